The number of hydrogen-bond donors (Lipinski definition) is 1. The van der Waals surface area contributed by atoms with Gasteiger partial charge in [-0.3, -0.25) is 4.79 Å². The summed E-state index contributed by atoms with van der Waals surface area (Å²) in [7, 11) is 1.65. The molecule has 110 valence electrons. The first-order chi connectivity index (χ1) is 9.78. The predicted octanol–water partition coefficient (Wildman–Crippen LogP) is 2.31. The lowest BCUT2D eigenvalue weighted by atomic mass is 10.1. The number of amides is 1. The molecule has 1 N–H and O–H groups in total. The van der Waals surface area contributed by atoms with Crippen LogP contribution in [0.1, 0.15) is 31.2 Å². The smallest absolute Gasteiger partial charge is 0.220 e. The van der Waals surface area contributed by atoms with Gasteiger partial charge in [-0.25, -0.2) is 0 Å². The number of carbonyl (C=O) groups excluding carboxylic acids is 1. The number of rotatable bonds is 7. The Morgan fingerprint density at radius 3 is 2.85 bits per heavy atom. The van der Waals surface area contributed by atoms with Gasteiger partial charge >= 0.3 is 0 Å². The topological polar surface area (TPSA) is 47.6 Å². The minimum Gasteiger partial charge on any atom is -0.497 e. The van der Waals surface area contributed by atoms with E-state index in [1.807, 2.05) is 24.3 Å². The van der Waals surface area contributed by atoms with Crippen LogP contribution in [0.15, 0.2) is 24.3 Å². The molecule has 0 aromatic heterocycles. The molecule has 1 aromatic rings. The van der Waals surface area contributed by atoms with Crippen molar-refractivity contribution >= 4 is 5.91 Å². The highest BCUT2D eigenvalue weighted by atomic mass is 16.5. The maximum Gasteiger partial charge on any atom is 0.220 e. The fourth-order valence-electron chi connectivity index (χ4n) is 2.38. The number of nitrogens with one attached hydrogen (secondary N) is 1. The second-order valence-electron chi connectivity index (χ2n) is 5.12. The Morgan fingerprint density at radius 1 is 1.40 bits per heavy atom. The lowest BCUT2D eigenvalue weighted by molar-refractivity contribution is -0.121. The van der Waals surface area contributed by atoms with Crippen LogP contribution >= 0.6 is 0 Å². The van der Waals surface area contributed by atoms with E-state index in [-0.39, 0.29) is 5.91 Å². The zero-order valence-corrected chi connectivity index (χ0v) is 12.1. The average molecular weight is 277 g/mol. The molecule has 2 rings (SSSR count). The minimum atomic E-state index is 0.110. The number of hydrogen-bond acceptors (Lipinski definition) is 3. The molecule has 20 heavy (non-hydrogen) atoms. The van der Waals surface area contributed by atoms with E-state index >= 15 is 0 Å². The van der Waals surface area contributed by atoms with Crippen LogP contribution in [0.2, 0.25) is 0 Å². The molecule has 1 heterocycles. The van der Waals surface area contributed by atoms with Crippen LogP contribution in [0.25, 0.3) is 0 Å². The third-order valence-corrected chi connectivity index (χ3v) is 3.61. The number of aryl methyl sites for hydroxylation is 1. The van der Waals surface area contributed by atoms with Gasteiger partial charge in [0, 0.05) is 19.6 Å². The van der Waals surface area contributed by atoms with E-state index in [0.29, 0.717) is 19.1 Å². The zero-order chi connectivity index (χ0) is 14.2. The highest BCUT2D eigenvalue weighted by Gasteiger charge is 2.15. The van der Waals surface area contributed by atoms with E-state index in [9.17, 15) is 4.79 Å². The van der Waals surface area contributed by atoms with E-state index in [2.05, 4.69) is 5.32 Å². The van der Waals surface area contributed by atoms with Crippen molar-refractivity contribution in [2.75, 3.05) is 20.3 Å². The van der Waals surface area contributed by atoms with Crippen molar-refractivity contribution in [1.29, 1.82) is 0 Å². The van der Waals surface area contributed by atoms with Gasteiger partial charge in [-0.15, -0.1) is 0 Å². The Kier molecular flexibility index (Phi) is 5.87. The summed E-state index contributed by atoms with van der Waals surface area (Å²) in [6.45, 7) is 1.59. The Bertz CT molecular complexity index is 410. The van der Waals surface area contributed by atoms with Crippen molar-refractivity contribution in [2.24, 2.45) is 0 Å². The largest absolute Gasteiger partial charge is 0.497 e. The van der Waals surface area contributed by atoms with Gasteiger partial charge in [0.2, 0.25) is 5.91 Å². The molecular weight excluding hydrogens is 254 g/mol. The molecule has 0 aliphatic carbocycles. The molecule has 0 bridgehead atoms. The summed E-state index contributed by atoms with van der Waals surface area (Å²) in [6, 6.07) is 7.84. The summed E-state index contributed by atoms with van der Waals surface area (Å²) in [5.74, 6) is 0.952. The SMILES string of the molecule is COc1ccc(CCC(=O)NCCC2CCCO2)cc1. The lowest BCUT2D eigenvalue weighted by Gasteiger charge is -2.10. The van der Waals surface area contributed by atoms with Gasteiger partial charge in [0.25, 0.3) is 0 Å². The van der Waals surface area contributed by atoms with Gasteiger partial charge in [-0.1, -0.05) is 12.1 Å². The molecule has 4 nitrogen and oxygen atoms in total. The highest BCUT2D eigenvalue weighted by Crippen LogP contribution is 2.14. The van der Waals surface area contributed by atoms with Crippen molar-refractivity contribution in [1.82, 2.24) is 5.32 Å². The Balaban J connectivity index is 1.61. The van der Waals surface area contributed by atoms with Gasteiger partial charge in [-0.2, -0.15) is 0 Å². The van der Waals surface area contributed by atoms with Crippen LogP contribution in [0, 0.1) is 0 Å². The van der Waals surface area contributed by atoms with Gasteiger partial charge in [0.1, 0.15) is 5.75 Å². The van der Waals surface area contributed by atoms with Crippen molar-refractivity contribution in [3.05, 3.63) is 29.8 Å². The monoisotopic (exact) mass is 277 g/mol. The van der Waals surface area contributed by atoms with Crippen LogP contribution in [-0.2, 0) is 16.0 Å². The Morgan fingerprint density at radius 2 is 2.20 bits per heavy atom. The highest BCUT2D eigenvalue weighted by molar-refractivity contribution is 5.76. The van der Waals surface area contributed by atoms with Crippen molar-refractivity contribution in [3.8, 4) is 5.75 Å². The van der Waals surface area contributed by atoms with E-state index in [4.69, 9.17) is 9.47 Å². The maximum absolute atomic E-state index is 11.7. The van der Waals surface area contributed by atoms with E-state index in [1.165, 1.54) is 0 Å². The van der Waals surface area contributed by atoms with Gasteiger partial charge < -0.3 is 14.8 Å². The first kappa shape index (κ1) is 14.9. The summed E-state index contributed by atoms with van der Waals surface area (Å²) in [5.41, 5.74) is 1.15. The first-order valence-corrected chi connectivity index (χ1v) is 7.29. The second-order valence-corrected chi connectivity index (χ2v) is 5.12. The number of ether oxygens (including phenoxy) is 2. The fraction of sp³-hybridized carbons (Fsp3) is 0.562. The maximum atomic E-state index is 11.7. The number of methoxy groups -OCH3 is 1. The quantitative estimate of drug-likeness (QED) is 0.832. The van der Waals surface area contributed by atoms with E-state index < -0.39 is 0 Å². The summed E-state index contributed by atoms with van der Waals surface area (Å²) in [6.07, 6.45) is 4.83. The molecule has 1 aliphatic heterocycles. The van der Waals surface area contributed by atoms with Crippen LogP contribution in [0.4, 0.5) is 0 Å². The molecule has 1 amide bonds. The summed E-state index contributed by atoms with van der Waals surface area (Å²) in [5, 5.41) is 2.96. The van der Waals surface area contributed by atoms with Gasteiger partial charge in [0.15, 0.2) is 0 Å². The lowest BCUT2D eigenvalue weighted by Crippen LogP contribution is -2.27. The molecule has 1 unspecified atom stereocenters. The average Bonchev–Trinajstić information content (AvgIpc) is 2.99. The molecule has 1 aliphatic rings. The van der Waals surface area contributed by atoms with E-state index in [1.54, 1.807) is 7.11 Å². The van der Waals surface area contributed by atoms with Crippen LogP contribution in [-0.4, -0.2) is 32.3 Å². The summed E-state index contributed by atoms with van der Waals surface area (Å²) < 4.78 is 10.6. The van der Waals surface area contributed by atoms with Crippen molar-refractivity contribution < 1.29 is 14.3 Å². The molecule has 0 radical (unpaired) electrons. The summed E-state index contributed by atoms with van der Waals surface area (Å²) >= 11 is 0. The number of benzene rings is 1. The van der Waals surface area contributed by atoms with Crippen LogP contribution < -0.4 is 10.1 Å². The Labute approximate surface area is 120 Å². The van der Waals surface area contributed by atoms with Crippen LogP contribution in [0.5, 0.6) is 5.75 Å². The first-order valence-electron chi connectivity index (χ1n) is 7.29. The van der Waals surface area contributed by atoms with Gasteiger partial charge in [0.05, 0.1) is 13.2 Å². The normalized spacial score (nSPS) is 17.9. The number of carbonyl (C=O) groups is 1. The standard InChI is InChI=1S/C16H23NO3/c1-19-14-7-4-13(5-8-14)6-9-16(18)17-11-10-15-3-2-12-20-15/h4-5,7-8,15H,2-3,6,9-12H2,1H3,(H,17,18). The molecule has 1 atom stereocenters. The molecule has 1 aromatic carbocycles. The third-order valence-electron chi connectivity index (χ3n) is 3.61. The minimum absolute atomic E-state index is 0.110. The van der Waals surface area contributed by atoms with Crippen molar-refractivity contribution in [2.45, 2.75) is 38.2 Å². The molecule has 0 spiro atoms. The Hall–Kier alpha value is -1.55. The predicted molar refractivity (Wildman–Crippen MR) is 77.9 cm³/mol. The van der Waals surface area contributed by atoms with Crippen LogP contribution in [0.3, 0.4) is 0 Å². The second kappa shape index (κ2) is 7.90. The zero-order valence-electron chi connectivity index (χ0n) is 12.1. The van der Waals surface area contributed by atoms with Gasteiger partial charge in [-0.05, 0) is 43.4 Å². The van der Waals surface area contributed by atoms with E-state index in [0.717, 1.165) is 43.6 Å². The molecular formula is C16H23NO3. The molecule has 1 fully saturated rings. The third kappa shape index (κ3) is 4.85. The molecule has 4 heteroatoms. The molecule has 0 saturated carbocycles. The van der Waals surface area contributed by atoms with Crippen molar-refractivity contribution in [3.63, 3.8) is 0 Å². The fourth-order valence-corrected chi connectivity index (χ4v) is 2.38. The molecule has 1 saturated heterocycles. The summed E-state index contributed by atoms with van der Waals surface area (Å²) in [4.78, 5) is 11.7.